The third kappa shape index (κ3) is 4.37. The summed E-state index contributed by atoms with van der Waals surface area (Å²) in [6, 6.07) is 12.4. The van der Waals surface area contributed by atoms with Gasteiger partial charge in [-0.25, -0.2) is 4.79 Å². The van der Waals surface area contributed by atoms with E-state index in [1.807, 2.05) is 12.1 Å². The Morgan fingerprint density at radius 1 is 1.24 bits per heavy atom. The van der Waals surface area contributed by atoms with Crippen LogP contribution in [0.15, 0.2) is 42.5 Å². The molecule has 1 N–H and O–H groups in total. The highest BCUT2D eigenvalue weighted by atomic mass is 35.5. The fourth-order valence-electron chi connectivity index (χ4n) is 2.74. The Morgan fingerprint density at radius 3 is 2.68 bits per heavy atom. The molecule has 0 saturated carbocycles. The van der Waals surface area contributed by atoms with E-state index in [1.165, 1.54) is 0 Å². The minimum absolute atomic E-state index is 0.203. The number of carbonyl (C=O) groups excluding carboxylic acids is 1. The molecule has 1 fully saturated rings. The number of benzene rings is 2. The largest absolute Gasteiger partial charge is 0.495 e. The maximum atomic E-state index is 12.6. The Bertz CT molecular complexity index is 749. The standard InChI is InChI=1S/C18H18Cl2N2O3/c1-24-16-5-3-2-4-15(16)21-18(23)22-6-7-25-17(11-22)12-8-13(19)10-14(20)9-12/h2-5,8-10,17H,6-7,11H2,1H3,(H,21,23). The van der Waals surface area contributed by atoms with Crippen LogP contribution < -0.4 is 10.1 Å². The Kier molecular flexibility index (Phi) is 5.68. The summed E-state index contributed by atoms with van der Waals surface area (Å²) in [6.45, 7) is 1.36. The monoisotopic (exact) mass is 380 g/mol. The smallest absolute Gasteiger partial charge is 0.322 e. The van der Waals surface area contributed by atoms with E-state index >= 15 is 0 Å². The number of hydrogen-bond donors (Lipinski definition) is 1. The van der Waals surface area contributed by atoms with Gasteiger partial charge in [-0.05, 0) is 35.9 Å². The fraction of sp³-hybridized carbons (Fsp3) is 0.278. The molecule has 0 aromatic heterocycles. The molecule has 2 aromatic carbocycles. The Labute approximate surface area is 156 Å². The predicted octanol–water partition coefficient (Wildman–Crippen LogP) is 4.61. The predicted molar refractivity (Wildman–Crippen MR) is 98.7 cm³/mol. The van der Waals surface area contributed by atoms with Gasteiger partial charge in [-0.15, -0.1) is 0 Å². The van der Waals surface area contributed by atoms with Crippen molar-refractivity contribution in [2.45, 2.75) is 6.10 Å². The van der Waals surface area contributed by atoms with E-state index in [2.05, 4.69) is 5.32 Å². The van der Waals surface area contributed by atoms with E-state index in [4.69, 9.17) is 32.7 Å². The number of nitrogens with one attached hydrogen (secondary N) is 1. The third-order valence-electron chi connectivity index (χ3n) is 3.96. The van der Waals surface area contributed by atoms with Gasteiger partial charge in [0.2, 0.25) is 0 Å². The van der Waals surface area contributed by atoms with Crippen molar-refractivity contribution in [1.82, 2.24) is 4.90 Å². The lowest BCUT2D eigenvalue weighted by Gasteiger charge is -2.33. The number of amides is 2. The molecule has 2 aromatic rings. The number of anilines is 1. The molecular weight excluding hydrogens is 363 g/mol. The van der Waals surface area contributed by atoms with Crippen LogP contribution in [-0.2, 0) is 4.74 Å². The van der Waals surface area contributed by atoms with Crippen LogP contribution in [0.4, 0.5) is 10.5 Å². The van der Waals surface area contributed by atoms with Gasteiger partial charge in [0.05, 0.1) is 25.9 Å². The molecule has 1 atom stereocenters. The molecule has 3 rings (SSSR count). The second-order valence-electron chi connectivity index (χ2n) is 5.64. The molecule has 0 aliphatic carbocycles. The Balaban J connectivity index is 1.71. The Hall–Kier alpha value is -1.95. The minimum atomic E-state index is -0.270. The highest BCUT2D eigenvalue weighted by Gasteiger charge is 2.26. The molecule has 1 aliphatic rings. The number of methoxy groups -OCH3 is 1. The zero-order valence-corrected chi connectivity index (χ0v) is 15.2. The van der Waals surface area contributed by atoms with Crippen molar-refractivity contribution in [2.24, 2.45) is 0 Å². The SMILES string of the molecule is COc1ccccc1NC(=O)N1CCOC(c2cc(Cl)cc(Cl)c2)C1. The number of halogens is 2. The zero-order chi connectivity index (χ0) is 17.8. The van der Waals surface area contributed by atoms with Crippen LogP contribution in [0.5, 0.6) is 5.75 Å². The molecule has 1 heterocycles. The van der Waals surface area contributed by atoms with Crippen molar-refractivity contribution in [3.05, 3.63) is 58.1 Å². The summed E-state index contributed by atoms with van der Waals surface area (Å²) >= 11 is 12.1. The summed E-state index contributed by atoms with van der Waals surface area (Å²) < 4.78 is 11.0. The van der Waals surface area contributed by atoms with E-state index in [1.54, 1.807) is 42.3 Å². The van der Waals surface area contributed by atoms with Crippen molar-refractivity contribution in [2.75, 3.05) is 32.1 Å². The second kappa shape index (κ2) is 7.95. The van der Waals surface area contributed by atoms with Gasteiger partial charge in [0.25, 0.3) is 0 Å². The maximum Gasteiger partial charge on any atom is 0.322 e. The summed E-state index contributed by atoms with van der Waals surface area (Å²) in [5, 5.41) is 3.97. The van der Waals surface area contributed by atoms with Crippen molar-refractivity contribution in [3.8, 4) is 5.75 Å². The van der Waals surface area contributed by atoms with Crippen LogP contribution in [0.3, 0.4) is 0 Å². The van der Waals surface area contributed by atoms with E-state index in [9.17, 15) is 4.79 Å². The number of hydrogen-bond acceptors (Lipinski definition) is 3. The lowest BCUT2D eigenvalue weighted by Crippen LogP contribution is -2.44. The summed E-state index contributed by atoms with van der Waals surface area (Å²) in [4.78, 5) is 14.3. The Morgan fingerprint density at radius 2 is 1.96 bits per heavy atom. The van der Waals surface area contributed by atoms with Gasteiger partial charge in [-0.3, -0.25) is 0 Å². The van der Waals surface area contributed by atoms with Crippen LogP contribution in [0.2, 0.25) is 10.0 Å². The van der Waals surface area contributed by atoms with Crippen molar-refractivity contribution >= 4 is 34.9 Å². The van der Waals surface area contributed by atoms with Crippen LogP contribution in [0.1, 0.15) is 11.7 Å². The fourth-order valence-corrected chi connectivity index (χ4v) is 3.28. The van der Waals surface area contributed by atoms with Gasteiger partial charge < -0.3 is 19.7 Å². The average molecular weight is 381 g/mol. The highest BCUT2D eigenvalue weighted by molar-refractivity contribution is 6.34. The molecule has 0 spiro atoms. The first kappa shape index (κ1) is 17.9. The normalized spacial score (nSPS) is 17.2. The van der Waals surface area contributed by atoms with Crippen LogP contribution in [0.25, 0.3) is 0 Å². The van der Waals surface area contributed by atoms with Gasteiger partial charge >= 0.3 is 6.03 Å². The molecule has 1 unspecified atom stereocenters. The first-order valence-electron chi connectivity index (χ1n) is 7.83. The van der Waals surface area contributed by atoms with Gasteiger partial charge in [0.15, 0.2) is 0 Å². The molecule has 1 saturated heterocycles. The van der Waals surface area contributed by atoms with Crippen molar-refractivity contribution in [1.29, 1.82) is 0 Å². The number of carbonyl (C=O) groups is 1. The second-order valence-corrected chi connectivity index (χ2v) is 6.51. The summed E-state index contributed by atoms with van der Waals surface area (Å²) in [7, 11) is 1.57. The first-order valence-corrected chi connectivity index (χ1v) is 8.59. The van der Waals surface area contributed by atoms with E-state index in [0.29, 0.717) is 41.2 Å². The van der Waals surface area contributed by atoms with E-state index < -0.39 is 0 Å². The number of rotatable bonds is 3. The van der Waals surface area contributed by atoms with Gasteiger partial charge in [0, 0.05) is 16.6 Å². The summed E-state index contributed by atoms with van der Waals surface area (Å²) in [5.41, 5.74) is 1.48. The van der Waals surface area contributed by atoms with Crippen LogP contribution in [0, 0.1) is 0 Å². The molecule has 2 amide bonds. The molecule has 1 aliphatic heterocycles. The molecule has 0 radical (unpaired) electrons. The van der Waals surface area contributed by atoms with Crippen LogP contribution in [-0.4, -0.2) is 37.7 Å². The van der Waals surface area contributed by atoms with E-state index in [0.717, 1.165) is 5.56 Å². The van der Waals surface area contributed by atoms with Gasteiger partial charge in [-0.1, -0.05) is 35.3 Å². The van der Waals surface area contributed by atoms with Gasteiger partial charge in [0.1, 0.15) is 11.9 Å². The number of morpholine rings is 1. The first-order chi connectivity index (χ1) is 12.1. The molecule has 0 bridgehead atoms. The quantitative estimate of drug-likeness (QED) is 0.845. The number of ether oxygens (including phenoxy) is 2. The van der Waals surface area contributed by atoms with Gasteiger partial charge in [-0.2, -0.15) is 0 Å². The van der Waals surface area contributed by atoms with E-state index in [-0.39, 0.29) is 12.1 Å². The average Bonchev–Trinajstić information content (AvgIpc) is 2.61. The molecule has 7 heteroatoms. The maximum absolute atomic E-state index is 12.6. The highest BCUT2D eigenvalue weighted by Crippen LogP contribution is 2.29. The lowest BCUT2D eigenvalue weighted by molar-refractivity contribution is -0.0135. The summed E-state index contributed by atoms with van der Waals surface area (Å²) in [5.74, 6) is 0.613. The topological polar surface area (TPSA) is 50.8 Å². The minimum Gasteiger partial charge on any atom is -0.495 e. The third-order valence-corrected chi connectivity index (χ3v) is 4.40. The molecule has 132 valence electrons. The molecule has 5 nitrogen and oxygen atoms in total. The molecular formula is C18H18Cl2N2O3. The molecule has 25 heavy (non-hydrogen) atoms. The lowest BCUT2D eigenvalue weighted by atomic mass is 10.1. The number of para-hydroxylation sites is 2. The van der Waals surface area contributed by atoms with Crippen LogP contribution >= 0.6 is 23.2 Å². The van der Waals surface area contributed by atoms with Crippen molar-refractivity contribution in [3.63, 3.8) is 0 Å². The summed E-state index contributed by atoms with van der Waals surface area (Å²) in [6.07, 6.45) is -0.270. The zero-order valence-electron chi connectivity index (χ0n) is 13.7. The van der Waals surface area contributed by atoms with Crippen molar-refractivity contribution < 1.29 is 14.3 Å². The number of urea groups is 1. The number of nitrogens with zero attached hydrogens (tertiary/aromatic N) is 1.